The van der Waals surface area contributed by atoms with Gasteiger partial charge in [-0.3, -0.25) is 29.4 Å². The van der Waals surface area contributed by atoms with E-state index >= 15 is 0 Å². The highest BCUT2D eigenvalue weighted by Crippen LogP contribution is 2.53. The molecular weight excluding hydrogens is 777 g/mol. The van der Waals surface area contributed by atoms with Gasteiger partial charge in [-0.05, 0) is 195 Å². The largest absolute Gasteiger partial charge is 0.490 e. The van der Waals surface area contributed by atoms with Crippen LogP contribution in [0.4, 0.5) is 0 Å². The Hall–Kier alpha value is -4.28. The van der Waals surface area contributed by atoms with E-state index in [-0.39, 0.29) is 17.8 Å². The second-order valence-electron chi connectivity index (χ2n) is 19.8. The number of carbonyl (C=O) groups is 2. The second-order valence-corrected chi connectivity index (χ2v) is 19.8. The van der Waals surface area contributed by atoms with E-state index in [1.54, 1.807) is 0 Å². The number of aliphatic carboxylic acids is 1. The van der Waals surface area contributed by atoms with Gasteiger partial charge in [0.05, 0.1) is 53.1 Å². The molecule has 0 atom stereocenters. The lowest BCUT2D eigenvalue weighted by atomic mass is 9.60. The van der Waals surface area contributed by atoms with Gasteiger partial charge >= 0.3 is 11.9 Å². The number of hydrogen-bond donors (Lipinski definition) is 1. The number of piperidine rings is 2. The Balaban J connectivity index is 0.000000158. The lowest BCUT2D eigenvalue weighted by molar-refractivity contribution is -0.149. The highest BCUT2D eigenvalue weighted by molar-refractivity contribution is 5.81. The molecule has 2 aromatic carbocycles. The van der Waals surface area contributed by atoms with E-state index in [2.05, 4.69) is 70.5 Å². The van der Waals surface area contributed by atoms with Crippen LogP contribution >= 0.6 is 0 Å². The smallest absolute Gasteiger partial charge is 0.309 e. The van der Waals surface area contributed by atoms with Crippen LogP contribution in [0.5, 0.6) is 11.5 Å². The van der Waals surface area contributed by atoms with Crippen molar-refractivity contribution >= 4 is 33.7 Å². The molecule has 0 bridgehead atoms. The van der Waals surface area contributed by atoms with Gasteiger partial charge in [-0.15, -0.1) is 0 Å². The molecule has 332 valence electrons. The molecule has 10 nitrogen and oxygen atoms in total. The van der Waals surface area contributed by atoms with Crippen LogP contribution in [0.25, 0.3) is 21.8 Å². The minimum Gasteiger partial charge on any atom is -0.490 e. The highest BCUT2D eigenvalue weighted by atomic mass is 16.5. The Morgan fingerprint density at radius 3 is 1.42 bits per heavy atom. The maximum Gasteiger partial charge on any atom is 0.309 e. The van der Waals surface area contributed by atoms with Crippen LogP contribution in [-0.4, -0.2) is 81.8 Å². The molecule has 0 amide bonds. The van der Waals surface area contributed by atoms with Crippen LogP contribution in [0.3, 0.4) is 0 Å². The summed E-state index contributed by atoms with van der Waals surface area (Å²) in [4.78, 5) is 37.5. The van der Waals surface area contributed by atoms with E-state index in [0.29, 0.717) is 29.6 Å². The summed E-state index contributed by atoms with van der Waals surface area (Å²) in [5.74, 6) is 1.10. The summed E-state index contributed by atoms with van der Waals surface area (Å²) in [5, 5.41) is 11.4. The molecule has 2 spiro atoms. The van der Waals surface area contributed by atoms with E-state index < -0.39 is 5.97 Å². The Labute approximate surface area is 368 Å². The average Bonchev–Trinajstić information content (AvgIpc) is 3.27. The van der Waals surface area contributed by atoms with Crippen LogP contribution < -0.4 is 9.47 Å². The number of esters is 1. The molecule has 2 aliphatic heterocycles. The predicted molar refractivity (Wildman–Crippen MR) is 242 cm³/mol. The van der Waals surface area contributed by atoms with Crippen molar-refractivity contribution in [1.29, 1.82) is 0 Å². The monoisotopic (exact) mass is 845 g/mol. The average molecular weight is 845 g/mol. The Morgan fingerprint density at radius 2 is 1.03 bits per heavy atom. The van der Waals surface area contributed by atoms with Crippen LogP contribution in [0, 0.1) is 22.7 Å². The summed E-state index contributed by atoms with van der Waals surface area (Å²) in [6.45, 7) is 7.43. The molecule has 10 heteroatoms. The molecule has 2 saturated heterocycles. The first-order valence-corrected chi connectivity index (χ1v) is 24.2. The van der Waals surface area contributed by atoms with E-state index in [1.165, 1.54) is 89.9 Å². The molecule has 2 aromatic heterocycles. The summed E-state index contributed by atoms with van der Waals surface area (Å²) in [6.07, 6.45) is 22.6. The van der Waals surface area contributed by atoms with Crippen LogP contribution in [0.15, 0.2) is 60.7 Å². The van der Waals surface area contributed by atoms with E-state index in [1.807, 2.05) is 6.92 Å². The lowest BCUT2D eigenvalue weighted by Crippen LogP contribution is -2.37. The Bertz CT molecular complexity index is 2150. The number of benzene rings is 2. The number of hydrogen-bond acceptors (Lipinski definition) is 9. The summed E-state index contributed by atoms with van der Waals surface area (Å²) < 4.78 is 17.8. The molecule has 1 N–H and O–H groups in total. The van der Waals surface area contributed by atoms with Crippen molar-refractivity contribution in [3.8, 4) is 11.5 Å². The molecule has 10 rings (SSSR count). The van der Waals surface area contributed by atoms with Crippen molar-refractivity contribution in [2.75, 3.05) is 32.8 Å². The molecule has 0 radical (unpaired) electrons. The zero-order valence-corrected chi connectivity index (χ0v) is 37.0. The minimum atomic E-state index is -0.660. The number of likely N-dealkylation sites (tertiary alicyclic amines) is 2. The van der Waals surface area contributed by atoms with Crippen LogP contribution in [-0.2, 0) is 27.4 Å². The van der Waals surface area contributed by atoms with E-state index in [0.717, 1.165) is 110 Å². The number of aromatic nitrogens is 2. The topological polar surface area (TPSA) is 114 Å². The number of nitrogens with zero attached hydrogens (tertiary/aromatic N) is 4. The normalized spacial score (nSPS) is 23.3. The fourth-order valence-corrected chi connectivity index (χ4v) is 11.4. The maximum absolute atomic E-state index is 11.9. The standard InChI is InChI=1S/C27H36N2O3.C25H32N2O3/c1-2-31-26(30)20-10-16-29(17-11-20)19-22-5-4-21-18-24(6-7-25(21)28-22)32-23-8-14-27(15-9-23)12-3-13-27;28-24(29)18-8-14-27(15-9-18)17-20-3-2-19-16-22(4-5-23(19)26-20)30-21-6-12-25(13-7-21)10-1-11-25/h4-7,18,20,23H,2-3,8-17,19H2,1H3;2-5,16,18,21H,1,6-15,17H2,(H,28,29). The maximum atomic E-state index is 11.9. The van der Waals surface area contributed by atoms with Gasteiger partial charge in [0, 0.05) is 23.9 Å². The van der Waals surface area contributed by atoms with Gasteiger partial charge in [-0.1, -0.05) is 25.0 Å². The number of rotatable bonds is 11. The summed E-state index contributed by atoms with van der Waals surface area (Å²) in [6, 6.07) is 21.1. The number of pyridine rings is 2. The van der Waals surface area contributed by atoms with Gasteiger partial charge in [0.2, 0.25) is 0 Å². The third-order valence-electron chi connectivity index (χ3n) is 15.8. The Morgan fingerprint density at radius 1 is 0.597 bits per heavy atom. The molecule has 4 aliphatic carbocycles. The third kappa shape index (κ3) is 10.4. The van der Waals surface area contributed by atoms with Crippen molar-refractivity contribution in [3.63, 3.8) is 0 Å². The number of ether oxygens (including phenoxy) is 3. The zero-order valence-electron chi connectivity index (χ0n) is 37.0. The fraction of sp³-hybridized carbons (Fsp3) is 0.615. The third-order valence-corrected chi connectivity index (χ3v) is 15.8. The van der Waals surface area contributed by atoms with Gasteiger partial charge in [0.15, 0.2) is 0 Å². The first kappa shape index (κ1) is 43.0. The van der Waals surface area contributed by atoms with Crippen molar-refractivity contribution in [3.05, 3.63) is 72.1 Å². The van der Waals surface area contributed by atoms with Gasteiger partial charge < -0.3 is 19.3 Å². The van der Waals surface area contributed by atoms with Crippen molar-refractivity contribution in [1.82, 2.24) is 19.8 Å². The molecule has 62 heavy (non-hydrogen) atoms. The zero-order chi connectivity index (χ0) is 42.5. The van der Waals surface area contributed by atoms with Crippen molar-refractivity contribution in [2.24, 2.45) is 22.7 Å². The molecule has 4 saturated carbocycles. The lowest BCUT2D eigenvalue weighted by Gasteiger charge is -2.46. The second kappa shape index (κ2) is 19.2. The SMILES string of the molecule is CCOC(=O)C1CCN(Cc2ccc3cc(OC4CCC5(CCC5)CC4)ccc3n2)CC1.O=C(O)C1CCN(Cc2ccc3cc(OC4CCC5(CCC5)CC4)ccc3n2)CC1. The summed E-state index contributed by atoms with van der Waals surface area (Å²) in [7, 11) is 0. The van der Waals surface area contributed by atoms with E-state index in [9.17, 15) is 9.59 Å². The number of carbonyl (C=O) groups excluding carboxylic acids is 1. The van der Waals surface area contributed by atoms with E-state index in [4.69, 9.17) is 29.3 Å². The predicted octanol–water partition coefficient (Wildman–Crippen LogP) is 10.5. The molecule has 6 fully saturated rings. The molecule has 6 aliphatic rings. The molecule has 4 aromatic rings. The highest BCUT2D eigenvalue weighted by Gasteiger charge is 2.41. The van der Waals surface area contributed by atoms with Gasteiger partial charge in [-0.25, -0.2) is 0 Å². The Kier molecular flexibility index (Phi) is 13.3. The number of carboxylic acid groups (broad SMARTS) is 1. The number of carboxylic acids is 1. The first-order chi connectivity index (χ1) is 30.2. The van der Waals surface area contributed by atoms with Crippen LogP contribution in [0.2, 0.25) is 0 Å². The van der Waals surface area contributed by atoms with Gasteiger partial charge in [0.25, 0.3) is 0 Å². The minimum absolute atomic E-state index is 0.0372. The van der Waals surface area contributed by atoms with Crippen molar-refractivity contribution < 1.29 is 28.9 Å². The van der Waals surface area contributed by atoms with Crippen molar-refractivity contribution in [2.45, 2.75) is 148 Å². The number of fused-ring (bicyclic) bond motifs is 2. The molecule has 0 unspecified atom stereocenters. The van der Waals surface area contributed by atoms with Gasteiger partial charge in [-0.2, -0.15) is 0 Å². The summed E-state index contributed by atoms with van der Waals surface area (Å²) in [5.41, 5.74) is 5.50. The summed E-state index contributed by atoms with van der Waals surface area (Å²) >= 11 is 0. The van der Waals surface area contributed by atoms with Crippen LogP contribution in [0.1, 0.15) is 134 Å². The molecule has 4 heterocycles. The first-order valence-electron chi connectivity index (χ1n) is 24.2. The molecular formula is C52H68N4O6. The fourth-order valence-electron chi connectivity index (χ4n) is 11.4. The quantitative estimate of drug-likeness (QED) is 0.146. The van der Waals surface area contributed by atoms with Gasteiger partial charge in [0.1, 0.15) is 11.5 Å².